The molecular formula is C9H23IN4O. The number of ether oxygens (including phenoxy) is 1. The van der Waals surface area contributed by atoms with Crippen LogP contribution in [0.3, 0.4) is 0 Å². The van der Waals surface area contributed by atoms with Crippen LogP contribution in [0.15, 0.2) is 4.99 Å². The molecule has 15 heavy (non-hydrogen) atoms. The molecule has 0 aliphatic carbocycles. The first kappa shape index (κ1) is 17.3. The van der Waals surface area contributed by atoms with E-state index in [1.165, 1.54) is 0 Å². The number of nitrogens with zero attached hydrogens (tertiary/aromatic N) is 2. The van der Waals surface area contributed by atoms with Gasteiger partial charge in [0, 0.05) is 20.2 Å². The summed E-state index contributed by atoms with van der Waals surface area (Å²) in [5.74, 6) is 0.501. The highest BCUT2D eigenvalue weighted by atomic mass is 127. The average molecular weight is 330 g/mol. The van der Waals surface area contributed by atoms with Crippen LogP contribution in [0.4, 0.5) is 0 Å². The first-order chi connectivity index (χ1) is 6.66. The van der Waals surface area contributed by atoms with E-state index >= 15 is 0 Å². The molecule has 0 aromatic carbocycles. The minimum absolute atomic E-state index is 0. The van der Waals surface area contributed by atoms with Gasteiger partial charge in [-0.25, -0.2) is 0 Å². The molecule has 0 amide bonds. The van der Waals surface area contributed by atoms with Gasteiger partial charge in [-0.2, -0.15) is 0 Å². The van der Waals surface area contributed by atoms with Crippen LogP contribution >= 0.6 is 24.0 Å². The van der Waals surface area contributed by atoms with E-state index in [0.717, 1.165) is 19.5 Å². The van der Waals surface area contributed by atoms with Crippen LogP contribution in [-0.2, 0) is 4.74 Å². The summed E-state index contributed by atoms with van der Waals surface area (Å²) in [5, 5.41) is 2.96. The second kappa shape index (κ2) is 12.0. The largest absolute Gasteiger partial charge is 0.383 e. The summed E-state index contributed by atoms with van der Waals surface area (Å²) < 4.78 is 4.87. The third kappa shape index (κ3) is 13.9. The minimum Gasteiger partial charge on any atom is -0.383 e. The van der Waals surface area contributed by atoms with E-state index in [9.17, 15) is 0 Å². The van der Waals surface area contributed by atoms with Gasteiger partial charge in [0.25, 0.3) is 0 Å². The summed E-state index contributed by atoms with van der Waals surface area (Å²) in [7, 11) is 5.75. The van der Waals surface area contributed by atoms with Crippen molar-refractivity contribution in [2.75, 3.05) is 47.4 Å². The summed E-state index contributed by atoms with van der Waals surface area (Å²) >= 11 is 0. The van der Waals surface area contributed by atoms with E-state index in [0.29, 0.717) is 19.1 Å². The molecule has 0 saturated carbocycles. The topological polar surface area (TPSA) is 62.9 Å². The number of hydrogen-bond donors (Lipinski definition) is 2. The lowest BCUT2D eigenvalue weighted by Gasteiger charge is -2.08. The Balaban J connectivity index is 0. The molecule has 0 aromatic rings. The van der Waals surface area contributed by atoms with Crippen LogP contribution in [0.5, 0.6) is 0 Å². The summed E-state index contributed by atoms with van der Waals surface area (Å²) in [4.78, 5) is 6.30. The van der Waals surface area contributed by atoms with Gasteiger partial charge in [-0.05, 0) is 27.1 Å². The third-order valence-corrected chi connectivity index (χ3v) is 1.66. The molecule has 0 heterocycles. The smallest absolute Gasteiger partial charge is 0.188 e. The standard InChI is InChI=1S/C9H22N4O.HI/c1-13(2)7-4-5-11-9(10)12-6-8-14-3;/h4-8H2,1-3H3,(H3,10,11,12);1H. The predicted molar refractivity (Wildman–Crippen MR) is 75.0 cm³/mol. The highest BCUT2D eigenvalue weighted by Crippen LogP contribution is 1.83. The summed E-state index contributed by atoms with van der Waals surface area (Å²) in [6, 6.07) is 0. The Kier molecular flexibility index (Phi) is 13.8. The van der Waals surface area contributed by atoms with Crippen molar-refractivity contribution >= 4 is 29.9 Å². The Morgan fingerprint density at radius 3 is 2.67 bits per heavy atom. The first-order valence-corrected chi connectivity index (χ1v) is 4.84. The molecule has 0 bridgehead atoms. The van der Waals surface area contributed by atoms with Crippen LogP contribution in [0.1, 0.15) is 6.42 Å². The maximum Gasteiger partial charge on any atom is 0.188 e. The van der Waals surface area contributed by atoms with Crippen LogP contribution in [0.25, 0.3) is 0 Å². The molecule has 3 N–H and O–H groups in total. The number of hydrogen-bond acceptors (Lipinski definition) is 3. The Bertz CT molecular complexity index is 164. The summed E-state index contributed by atoms with van der Waals surface area (Å²) in [6.45, 7) is 3.16. The lowest BCUT2D eigenvalue weighted by atomic mass is 10.4. The van der Waals surface area contributed by atoms with Crippen LogP contribution in [0.2, 0.25) is 0 Å². The van der Waals surface area contributed by atoms with Crippen LogP contribution in [0, 0.1) is 0 Å². The molecule has 0 aliphatic heterocycles. The monoisotopic (exact) mass is 330 g/mol. The van der Waals surface area contributed by atoms with Crippen molar-refractivity contribution in [3.05, 3.63) is 0 Å². The maximum absolute atomic E-state index is 5.60. The van der Waals surface area contributed by atoms with E-state index in [-0.39, 0.29) is 24.0 Å². The van der Waals surface area contributed by atoms with Crippen molar-refractivity contribution in [1.29, 1.82) is 0 Å². The SMILES string of the molecule is COCCNC(N)=NCCCN(C)C.I. The molecule has 0 aliphatic rings. The van der Waals surface area contributed by atoms with Crippen molar-refractivity contribution in [3.8, 4) is 0 Å². The van der Waals surface area contributed by atoms with Crippen LogP contribution in [-0.4, -0.2) is 58.3 Å². The van der Waals surface area contributed by atoms with Gasteiger partial charge in [0.1, 0.15) is 0 Å². The van der Waals surface area contributed by atoms with Gasteiger partial charge in [-0.3, -0.25) is 4.99 Å². The first-order valence-electron chi connectivity index (χ1n) is 4.84. The number of halogens is 1. The summed E-state index contributed by atoms with van der Waals surface area (Å²) in [6.07, 6.45) is 1.03. The van der Waals surface area contributed by atoms with Crippen molar-refractivity contribution in [1.82, 2.24) is 10.2 Å². The van der Waals surface area contributed by atoms with E-state index in [1.54, 1.807) is 7.11 Å². The van der Waals surface area contributed by atoms with Gasteiger partial charge in [-0.15, -0.1) is 24.0 Å². The van der Waals surface area contributed by atoms with Gasteiger partial charge in [0.05, 0.1) is 6.61 Å². The van der Waals surface area contributed by atoms with Crippen molar-refractivity contribution in [2.45, 2.75) is 6.42 Å². The molecular weight excluding hydrogens is 307 g/mol. The molecule has 0 saturated heterocycles. The van der Waals surface area contributed by atoms with E-state index < -0.39 is 0 Å². The Hall–Kier alpha value is -0.0800. The van der Waals surface area contributed by atoms with Gasteiger partial charge in [-0.1, -0.05) is 0 Å². The number of methoxy groups -OCH3 is 1. The van der Waals surface area contributed by atoms with Gasteiger partial charge < -0.3 is 20.7 Å². The zero-order chi connectivity index (χ0) is 10.8. The fourth-order valence-corrected chi connectivity index (χ4v) is 0.924. The molecule has 0 rings (SSSR count). The van der Waals surface area contributed by atoms with Crippen molar-refractivity contribution in [2.24, 2.45) is 10.7 Å². The second-order valence-electron chi connectivity index (χ2n) is 3.34. The number of nitrogens with two attached hydrogens (primary N) is 1. The van der Waals surface area contributed by atoms with Crippen LogP contribution < -0.4 is 11.1 Å². The molecule has 6 heteroatoms. The second-order valence-corrected chi connectivity index (χ2v) is 3.34. The highest BCUT2D eigenvalue weighted by Gasteiger charge is 1.91. The molecule has 0 unspecified atom stereocenters. The molecule has 0 aromatic heterocycles. The quantitative estimate of drug-likeness (QED) is 0.301. The predicted octanol–water partition coefficient (Wildman–Crippen LogP) is 0.107. The van der Waals surface area contributed by atoms with Crippen molar-refractivity contribution < 1.29 is 4.74 Å². The van der Waals surface area contributed by atoms with E-state index in [4.69, 9.17) is 10.5 Å². The zero-order valence-electron chi connectivity index (χ0n) is 9.82. The molecule has 0 atom stereocenters. The molecule has 0 radical (unpaired) electrons. The Labute approximate surface area is 109 Å². The zero-order valence-corrected chi connectivity index (χ0v) is 12.2. The number of guanidine groups is 1. The summed E-state index contributed by atoms with van der Waals surface area (Å²) in [5.41, 5.74) is 5.60. The minimum atomic E-state index is 0. The third-order valence-electron chi connectivity index (χ3n) is 1.66. The Morgan fingerprint density at radius 2 is 2.13 bits per heavy atom. The number of rotatable bonds is 7. The number of nitrogens with one attached hydrogen (secondary N) is 1. The Morgan fingerprint density at radius 1 is 1.47 bits per heavy atom. The van der Waals surface area contributed by atoms with E-state index in [2.05, 4.69) is 15.2 Å². The maximum atomic E-state index is 5.60. The fourth-order valence-electron chi connectivity index (χ4n) is 0.924. The lowest BCUT2D eigenvalue weighted by Crippen LogP contribution is -2.34. The molecule has 5 nitrogen and oxygen atoms in total. The normalized spacial score (nSPS) is 11.3. The van der Waals surface area contributed by atoms with Gasteiger partial charge in [0.2, 0.25) is 0 Å². The molecule has 92 valence electrons. The highest BCUT2D eigenvalue weighted by molar-refractivity contribution is 14.0. The van der Waals surface area contributed by atoms with E-state index in [1.807, 2.05) is 14.1 Å². The lowest BCUT2D eigenvalue weighted by molar-refractivity contribution is 0.204. The van der Waals surface area contributed by atoms with Crippen molar-refractivity contribution in [3.63, 3.8) is 0 Å². The number of aliphatic imine (C=N–C) groups is 1. The molecule has 0 fully saturated rings. The fraction of sp³-hybridized carbons (Fsp3) is 0.889. The average Bonchev–Trinajstić information content (AvgIpc) is 2.13. The van der Waals surface area contributed by atoms with Gasteiger partial charge in [0.15, 0.2) is 5.96 Å². The van der Waals surface area contributed by atoms with Gasteiger partial charge >= 0.3 is 0 Å². The molecule has 0 spiro atoms.